The fourth-order valence-corrected chi connectivity index (χ4v) is 1.63. The lowest BCUT2D eigenvalue weighted by molar-refractivity contribution is -0.383. The number of hydrogen-bond donors (Lipinski definition) is 1. The van der Waals surface area contributed by atoms with Crippen molar-refractivity contribution in [2.24, 2.45) is 0 Å². The van der Waals surface area contributed by atoms with Gasteiger partial charge in [0, 0.05) is 5.56 Å². The molecule has 0 unspecified atom stereocenters. The van der Waals surface area contributed by atoms with Crippen LogP contribution in [0.5, 0.6) is 0 Å². The Hall–Kier alpha value is -2.71. The third kappa shape index (κ3) is 2.51. The maximum atomic E-state index is 12.6. The second kappa shape index (κ2) is 4.76. The molecule has 104 valence electrons. The molecule has 1 aromatic heterocycles. The Labute approximate surface area is 110 Å². The van der Waals surface area contributed by atoms with Gasteiger partial charge in [0.05, 0.1) is 10.5 Å². The van der Waals surface area contributed by atoms with Gasteiger partial charge in [-0.05, 0) is 12.1 Å². The highest BCUT2D eigenvalue weighted by Gasteiger charge is 2.31. The largest absolute Gasteiger partial charge is 0.416 e. The van der Waals surface area contributed by atoms with Crippen LogP contribution in [0.4, 0.5) is 24.7 Å². The SMILES string of the molecule is Nc1ncnc(-c2cccc(C(F)(F)F)c2)c1[N+](=O)[O-]. The van der Waals surface area contributed by atoms with Crippen LogP contribution in [0.2, 0.25) is 0 Å². The number of aromatic nitrogens is 2. The standard InChI is InChI=1S/C11H7F3N4O2/c12-11(13,14)7-3-1-2-6(4-7)8-9(18(19)20)10(15)17-5-16-8/h1-5H,(H2,15,16,17). The van der Waals surface area contributed by atoms with E-state index in [9.17, 15) is 23.3 Å². The molecule has 0 aliphatic heterocycles. The van der Waals surface area contributed by atoms with Gasteiger partial charge < -0.3 is 5.73 Å². The molecule has 2 rings (SSSR count). The van der Waals surface area contributed by atoms with Gasteiger partial charge >= 0.3 is 11.9 Å². The molecule has 1 heterocycles. The topological polar surface area (TPSA) is 94.9 Å². The molecule has 0 aliphatic carbocycles. The molecule has 6 nitrogen and oxygen atoms in total. The average molecular weight is 284 g/mol. The number of alkyl halides is 3. The number of hydrogen-bond acceptors (Lipinski definition) is 5. The van der Waals surface area contributed by atoms with E-state index in [2.05, 4.69) is 9.97 Å². The first-order chi connectivity index (χ1) is 9.30. The summed E-state index contributed by atoms with van der Waals surface area (Å²) in [6.07, 6.45) is -3.60. The minimum absolute atomic E-state index is 0.0550. The number of anilines is 1. The zero-order valence-corrected chi connectivity index (χ0v) is 9.76. The molecular formula is C11H7F3N4O2. The second-order valence-corrected chi connectivity index (χ2v) is 3.79. The van der Waals surface area contributed by atoms with Crippen molar-refractivity contribution in [1.29, 1.82) is 0 Å². The number of nitro groups is 1. The third-order valence-corrected chi connectivity index (χ3v) is 2.50. The van der Waals surface area contributed by atoms with Crippen LogP contribution in [0.1, 0.15) is 5.56 Å². The van der Waals surface area contributed by atoms with E-state index in [1.807, 2.05) is 0 Å². The molecule has 0 saturated carbocycles. The second-order valence-electron chi connectivity index (χ2n) is 3.79. The lowest BCUT2D eigenvalue weighted by atomic mass is 10.1. The van der Waals surface area contributed by atoms with Crippen LogP contribution in [0, 0.1) is 10.1 Å². The van der Waals surface area contributed by atoms with E-state index in [1.54, 1.807) is 0 Å². The Morgan fingerprint density at radius 3 is 2.55 bits per heavy atom. The summed E-state index contributed by atoms with van der Waals surface area (Å²) >= 11 is 0. The lowest BCUT2D eigenvalue weighted by Gasteiger charge is -2.08. The fraction of sp³-hybridized carbons (Fsp3) is 0.0909. The van der Waals surface area contributed by atoms with Crippen molar-refractivity contribution in [1.82, 2.24) is 9.97 Å². The lowest BCUT2D eigenvalue weighted by Crippen LogP contribution is -2.06. The molecule has 2 aromatic rings. The molecule has 0 atom stereocenters. The van der Waals surface area contributed by atoms with Gasteiger partial charge in [-0.1, -0.05) is 12.1 Å². The maximum absolute atomic E-state index is 12.6. The van der Waals surface area contributed by atoms with Crippen LogP contribution in [0.25, 0.3) is 11.3 Å². The molecule has 0 fully saturated rings. The number of nitrogen functional groups attached to an aromatic ring is 1. The summed E-state index contributed by atoms with van der Waals surface area (Å²) in [5.41, 5.74) is 3.51. The van der Waals surface area contributed by atoms with E-state index in [1.165, 1.54) is 6.07 Å². The van der Waals surface area contributed by atoms with Gasteiger partial charge in [0.15, 0.2) is 5.69 Å². The molecule has 0 bridgehead atoms. The Balaban J connectivity index is 2.64. The van der Waals surface area contributed by atoms with E-state index in [-0.39, 0.29) is 11.3 Å². The van der Waals surface area contributed by atoms with Gasteiger partial charge in [-0.3, -0.25) is 10.1 Å². The first-order valence-electron chi connectivity index (χ1n) is 5.23. The van der Waals surface area contributed by atoms with Crippen molar-refractivity contribution in [3.05, 3.63) is 46.3 Å². The number of halogens is 3. The summed E-state index contributed by atoms with van der Waals surface area (Å²) in [5.74, 6) is -0.405. The van der Waals surface area contributed by atoms with Crippen LogP contribution in [-0.4, -0.2) is 14.9 Å². The Bertz CT molecular complexity index is 673. The molecule has 9 heteroatoms. The molecule has 0 saturated heterocycles. The summed E-state index contributed by atoms with van der Waals surface area (Å²) in [7, 11) is 0. The van der Waals surface area contributed by atoms with Crippen LogP contribution in [0.3, 0.4) is 0 Å². The van der Waals surface area contributed by atoms with Crippen LogP contribution in [-0.2, 0) is 6.18 Å². The molecular weight excluding hydrogens is 277 g/mol. The van der Waals surface area contributed by atoms with E-state index < -0.39 is 28.2 Å². The van der Waals surface area contributed by atoms with Gasteiger partial charge in [-0.2, -0.15) is 13.2 Å². The summed E-state index contributed by atoms with van der Waals surface area (Å²) in [6.45, 7) is 0. The predicted molar refractivity (Wildman–Crippen MR) is 63.5 cm³/mol. The smallest absolute Gasteiger partial charge is 0.378 e. The molecule has 1 aromatic carbocycles. The van der Waals surface area contributed by atoms with Crippen molar-refractivity contribution < 1.29 is 18.1 Å². The number of benzene rings is 1. The van der Waals surface area contributed by atoms with Gasteiger partial charge in [0.25, 0.3) is 0 Å². The first-order valence-corrected chi connectivity index (χ1v) is 5.23. The Kier molecular flexibility index (Phi) is 3.26. The van der Waals surface area contributed by atoms with E-state index in [4.69, 9.17) is 5.73 Å². The molecule has 0 amide bonds. The molecule has 2 N–H and O–H groups in total. The molecule has 0 aliphatic rings. The third-order valence-electron chi connectivity index (χ3n) is 2.50. The number of nitrogens with two attached hydrogens (primary N) is 1. The highest BCUT2D eigenvalue weighted by molar-refractivity contribution is 5.75. The average Bonchev–Trinajstić information content (AvgIpc) is 2.37. The number of nitrogens with zero attached hydrogens (tertiary/aromatic N) is 3. The minimum Gasteiger partial charge on any atom is -0.378 e. The van der Waals surface area contributed by atoms with E-state index in [0.29, 0.717) is 0 Å². The normalized spacial score (nSPS) is 11.3. The van der Waals surface area contributed by atoms with Crippen molar-refractivity contribution >= 4 is 11.5 Å². The Morgan fingerprint density at radius 1 is 1.25 bits per heavy atom. The summed E-state index contributed by atoms with van der Waals surface area (Å²) < 4.78 is 37.9. The van der Waals surface area contributed by atoms with Gasteiger partial charge in [0.2, 0.25) is 5.82 Å². The first kappa shape index (κ1) is 13.7. The highest BCUT2D eigenvalue weighted by Crippen LogP contribution is 2.35. The van der Waals surface area contributed by atoms with Crippen molar-refractivity contribution in [2.75, 3.05) is 5.73 Å². The van der Waals surface area contributed by atoms with Gasteiger partial charge in [-0.25, -0.2) is 9.97 Å². The molecule has 20 heavy (non-hydrogen) atoms. The quantitative estimate of drug-likeness (QED) is 0.675. The summed E-state index contributed by atoms with van der Waals surface area (Å²) in [6, 6.07) is 4.05. The summed E-state index contributed by atoms with van der Waals surface area (Å²) in [5, 5.41) is 10.9. The van der Waals surface area contributed by atoms with Crippen molar-refractivity contribution in [3.63, 3.8) is 0 Å². The van der Waals surface area contributed by atoms with Crippen LogP contribution in [0.15, 0.2) is 30.6 Å². The molecule has 0 radical (unpaired) electrons. The highest BCUT2D eigenvalue weighted by atomic mass is 19.4. The van der Waals surface area contributed by atoms with E-state index >= 15 is 0 Å². The van der Waals surface area contributed by atoms with Gasteiger partial charge in [0.1, 0.15) is 6.33 Å². The van der Waals surface area contributed by atoms with Crippen molar-refractivity contribution in [3.8, 4) is 11.3 Å². The van der Waals surface area contributed by atoms with Crippen LogP contribution >= 0.6 is 0 Å². The number of rotatable bonds is 2. The van der Waals surface area contributed by atoms with Crippen LogP contribution < -0.4 is 5.73 Å². The zero-order chi connectivity index (χ0) is 14.9. The monoisotopic (exact) mass is 284 g/mol. The molecule has 0 spiro atoms. The fourth-order valence-electron chi connectivity index (χ4n) is 1.63. The predicted octanol–water partition coefficient (Wildman–Crippen LogP) is 2.65. The van der Waals surface area contributed by atoms with E-state index in [0.717, 1.165) is 24.5 Å². The summed E-state index contributed by atoms with van der Waals surface area (Å²) in [4.78, 5) is 17.2. The minimum atomic E-state index is -4.55. The van der Waals surface area contributed by atoms with Crippen molar-refractivity contribution in [2.45, 2.75) is 6.18 Å². The maximum Gasteiger partial charge on any atom is 0.416 e. The zero-order valence-electron chi connectivity index (χ0n) is 9.76. The van der Waals surface area contributed by atoms with Gasteiger partial charge in [-0.15, -0.1) is 0 Å². The Morgan fingerprint density at radius 2 is 1.95 bits per heavy atom.